The third kappa shape index (κ3) is 3.04. The summed E-state index contributed by atoms with van der Waals surface area (Å²) in [5.41, 5.74) is 5.07. The van der Waals surface area contributed by atoms with Gasteiger partial charge in [0.15, 0.2) is 0 Å². The van der Waals surface area contributed by atoms with E-state index in [1.807, 2.05) is 12.5 Å². The lowest BCUT2D eigenvalue weighted by Crippen LogP contribution is -2.21. The summed E-state index contributed by atoms with van der Waals surface area (Å²) in [7, 11) is 0. The summed E-state index contributed by atoms with van der Waals surface area (Å²) in [6.45, 7) is 0. The first-order chi connectivity index (χ1) is 14.8. The predicted octanol–water partition coefficient (Wildman–Crippen LogP) is 6.37. The normalized spacial score (nSPS) is 23.1. The molecule has 1 N–H and O–H groups in total. The van der Waals surface area contributed by atoms with Gasteiger partial charge in [0, 0.05) is 11.8 Å². The number of rotatable bonds is 4. The summed E-state index contributed by atoms with van der Waals surface area (Å²) in [6, 6.07) is 17.7. The molecule has 0 bridgehead atoms. The van der Waals surface area contributed by atoms with Gasteiger partial charge in [-0.05, 0) is 84.2 Å². The Morgan fingerprint density at radius 2 is 1.57 bits per heavy atom. The van der Waals surface area contributed by atoms with Crippen LogP contribution in [0, 0.1) is 5.92 Å². The molecule has 2 aromatic heterocycles. The van der Waals surface area contributed by atoms with E-state index >= 15 is 0 Å². The van der Waals surface area contributed by atoms with Crippen LogP contribution < -0.4 is 0 Å². The lowest BCUT2D eigenvalue weighted by atomic mass is 9.74. The Morgan fingerprint density at radius 3 is 2.40 bits per heavy atom. The van der Waals surface area contributed by atoms with Crippen LogP contribution in [-0.2, 0) is 0 Å². The second-order valence-electron chi connectivity index (χ2n) is 9.27. The molecule has 0 unspecified atom stereocenters. The van der Waals surface area contributed by atoms with Gasteiger partial charge >= 0.3 is 0 Å². The topological polar surface area (TPSA) is 37.5 Å². The second kappa shape index (κ2) is 7.24. The first kappa shape index (κ1) is 18.1. The maximum Gasteiger partial charge on any atom is 0.0992 e. The molecule has 3 heteroatoms. The van der Waals surface area contributed by atoms with E-state index in [9.17, 15) is 5.11 Å². The summed E-state index contributed by atoms with van der Waals surface area (Å²) < 4.78 is 2.06. The molecule has 2 aliphatic carbocycles. The zero-order chi connectivity index (χ0) is 20.1. The van der Waals surface area contributed by atoms with Crippen molar-refractivity contribution in [2.75, 3.05) is 0 Å². The van der Waals surface area contributed by atoms with Crippen molar-refractivity contribution in [2.24, 2.45) is 5.92 Å². The highest BCUT2D eigenvalue weighted by Gasteiger charge is 2.34. The van der Waals surface area contributed by atoms with E-state index in [-0.39, 0.29) is 0 Å². The second-order valence-corrected chi connectivity index (χ2v) is 9.27. The summed E-state index contributed by atoms with van der Waals surface area (Å²) in [6.07, 6.45) is 12.4. The fourth-order valence-corrected chi connectivity index (χ4v) is 5.69. The van der Waals surface area contributed by atoms with Crippen molar-refractivity contribution < 1.29 is 5.11 Å². The van der Waals surface area contributed by atoms with Crippen molar-refractivity contribution in [1.82, 2.24) is 9.38 Å². The summed E-state index contributed by atoms with van der Waals surface area (Å²) in [5, 5.41) is 14.2. The zero-order valence-corrected chi connectivity index (χ0v) is 17.2. The van der Waals surface area contributed by atoms with Crippen LogP contribution >= 0.6 is 0 Å². The lowest BCUT2D eigenvalue weighted by Gasteiger charge is -2.33. The van der Waals surface area contributed by atoms with Gasteiger partial charge in [0.1, 0.15) is 0 Å². The van der Waals surface area contributed by atoms with E-state index in [0.717, 1.165) is 36.8 Å². The number of hydrogen-bond donors (Lipinski definition) is 1. The molecule has 2 fully saturated rings. The van der Waals surface area contributed by atoms with Crippen molar-refractivity contribution >= 4 is 16.3 Å². The van der Waals surface area contributed by atoms with Gasteiger partial charge in [-0.15, -0.1) is 0 Å². The van der Waals surface area contributed by atoms with Gasteiger partial charge in [-0.2, -0.15) is 0 Å². The summed E-state index contributed by atoms with van der Waals surface area (Å²) in [5.74, 6) is 1.55. The van der Waals surface area contributed by atoms with Crippen molar-refractivity contribution in [3.8, 4) is 0 Å². The van der Waals surface area contributed by atoms with E-state index in [4.69, 9.17) is 0 Å². The minimum atomic E-state index is -0.394. The molecule has 0 amide bonds. The summed E-state index contributed by atoms with van der Waals surface area (Å²) >= 11 is 0. The highest BCUT2D eigenvalue weighted by atomic mass is 16.3. The van der Waals surface area contributed by atoms with Crippen LogP contribution in [0.5, 0.6) is 0 Å². The van der Waals surface area contributed by atoms with Crippen LogP contribution in [-0.4, -0.2) is 14.5 Å². The average molecular weight is 397 g/mol. The van der Waals surface area contributed by atoms with Crippen LogP contribution in [0.15, 0.2) is 67.3 Å². The molecule has 0 aliphatic heterocycles. The Bertz CT molecular complexity index is 1190. The van der Waals surface area contributed by atoms with Crippen LogP contribution in [0.25, 0.3) is 16.3 Å². The molecular formula is C27H28N2O. The largest absolute Gasteiger partial charge is 0.388 e. The Kier molecular flexibility index (Phi) is 4.38. The third-order valence-corrected chi connectivity index (χ3v) is 7.46. The van der Waals surface area contributed by atoms with Gasteiger partial charge in [0.2, 0.25) is 0 Å². The van der Waals surface area contributed by atoms with E-state index in [2.05, 4.69) is 64.1 Å². The number of aliphatic hydroxyl groups excluding tert-OH is 1. The molecule has 0 spiro atoms. The maximum atomic E-state index is 11.5. The minimum Gasteiger partial charge on any atom is -0.388 e. The third-order valence-electron chi connectivity index (χ3n) is 7.46. The monoisotopic (exact) mass is 396 g/mol. The van der Waals surface area contributed by atoms with Gasteiger partial charge in [-0.3, -0.25) is 0 Å². The number of aromatic nitrogens is 2. The number of imidazole rings is 1. The number of pyridine rings is 1. The molecule has 2 heterocycles. The Hall–Kier alpha value is -2.65. The molecule has 30 heavy (non-hydrogen) atoms. The molecule has 2 aromatic carbocycles. The Balaban J connectivity index is 1.27. The van der Waals surface area contributed by atoms with E-state index in [0.29, 0.717) is 17.8 Å². The number of fused-ring (bicyclic) bond motifs is 2. The zero-order valence-electron chi connectivity index (χ0n) is 17.2. The number of hydrogen-bond acceptors (Lipinski definition) is 2. The van der Waals surface area contributed by atoms with E-state index < -0.39 is 6.10 Å². The van der Waals surface area contributed by atoms with Crippen LogP contribution in [0.2, 0.25) is 0 Å². The molecule has 152 valence electrons. The Labute approximate surface area is 177 Å². The molecule has 2 saturated carbocycles. The van der Waals surface area contributed by atoms with Crippen LogP contribution in [0.1, 0.15) is 73.2 Å². The SMILES string of the molecule is O[C@H](c1c(C2CC2)ccn2cncc12)C1CCC(c2cccc3ccccc23)CC1. The fourth-order valence-electron chi connectivity index (χ4n) is 5.69. The fraction of sp³-hybridized carbons (Fsp3) is 0.370. The number of aliphatic hydroxyl groups is 1. The lowest BCUT2D eigenvalue weighted by molar-refractivity contribution is 0.0811. The smallest absolute Gasteiger partial charge is 0.0992 e. The minimum absolute atomic E-state index is 0.329. The first-order valence-electron chi connectivity index (χ1n) is 11.4. The molecule has 0 saturated heterocycles. The molecule has 3 nitrogen and oxygen atoms in total. The van der Waals surface area contributed by atoms with Crippen molar-refractivity contribution in [2.45, 2.75) is 56.5 Å². The molecule has 6 rings (SSSR count). The standard InChI is InChI=1S/C27H28N2O/c30-27(26-24(20-8-9-20)14-15-29-17-28-16-25(26)29)21-12-10-19(11-13-21)23-7-3-5-18-4-1-2-6-22(18)23/h1-7,14-17,19-21,27,30H,8-13H2/t19?,21?,27-/m0/s1. The molecule has 4 aromatic rings. The van der Waals surface area contributed by atoms with Crippen LogP contribution in [0.3, 0.4) is 0 Å². The number of nitrogens with zero attached hydrogens (tertiary/aromatic N) is 2. The van der Waals surface area contributed by atoms with Gasteiger partial charge in [0.05, 0.1) is 24.1 Å². The van der Waals surface area contributed by atoms with Gasteiger partial charge < -0.3 is 9.51 Å². The van der Waals surface area contributed by atoms with Gasteiger partial charge in [0.25, 0.3) is 0 Å². The molecule has 1 atom stereocenters. The predicted molar refractivity (Wildman–Crippen MR) is 121 cm³/mol. The molecule has 2 aliphatic rings. The molecular weight excluding hydrogens is 368 g/mol. The molecule has 0 radical (unpaired) electrons. The van der Waals surface area contributed by atoms with Crippen molar-refractivity contribution in [3.05, 3.63) is 83.9 Å². The van der Waals surface area contributed by atoms with Crippen LogP contribution in [0.4, 0.5) is 0 Å². The first-order valence-corrected chi connectivity index (χ1v) is 11.4. The average Bonchev–Trinajstić information content (AvgIpc) is 3.54. The van der Waals surface area contributed by atoms with Gasteiger partial charge in [-0.25, -0.2) is 4.98 Å². The van der Waals surface area contributed by atoms with E-state index in [1.54, 1.807) is 0 Å². The highest BCUT2D eigenvalue weighted by Crippen LogP contribution is 2.48. The van der Waals surface area contributed by atoms with E-state index in [1.165, 1.54) is 34.7 Å². The van der Waals surface area contributed by atoms with Gasteiger partial charge in [-0.1, -0.05) is 42.5 Å². The highest BCUT2D eigenvalue weighted by molar-refractivity contribution is 5.86. The quantitative estimate of drug-likeness (QED) is 0.435. The maximum absolute atomic E-state index is 11.5. The van der Waals surface area contributed by atoms with Crippen molar-refractivity contribution in [3.63, 3.8) is 0 Å². The number of benzene rings is 2. The summed E-state index contributed by atoms with van der Waals surface area (Å²) in [4.78, 5) is 4.34. The Morgan fingerprint density at radius 1 is 0.833 bits per heavy atom. The van der Waals surface area contributed by atoms with Crippen molar-refractivity contribution in [1.29, 1.82) is 0 Å².